The first-order chi connectivity index (χ1) is 12.1. The number of aromatic nitrogens is 1. The Balaban J connectivity index is 1.65. The molecule has 0 unspecified atom stereocenters. The second kappa shape index (κ2) is 7.88. The molecule has 25 heavy (non-hydrogen) atoms. The van der Waals surface area contributed by atoms with E-state index >= 15 is 0 Å². The maximum Gasteiger partial charge on any atom is 0.339 e. The summed E-state index contributed by atoms with van der Waals surface area (Å²) in [5, 5.41) is 7.72. The van der Waals surface area contributed by atoms with Gasteiger partial charge in [0.15, 0.2) is 0 Å². The molecule has 2 N–H and O–H groups in total. The van der Waals surface area contributed by atoms with Crippen molar-refractivity contribution in [3.05, 3.63) is 82.6 Å². The molecule has 1 aromatic heterocycles. The van der Waals surface area contributed by atoms with Gasteiger partial charge in [-0.15, -0.1) is 0 Å². The molecule has 0 bridgehead atoms. The summed E-state index contributed by atoms with van der Waals surface area (Å²) >= 11 is 11.9. The van der Waals surface area contributed by atoms with Crippen LogP contribution in [0.3, 0.4) is 0 Å². The Morgan fingerprint density at radius 3 is 2.52 bits per heavy atom. The molecule has 0 fully saturated rings. The quantitative estimate of drug-likeness (QED) is 0.494. The Morgan fingerprint density at radius 1 is 1.00 bits per heavy atom. The number of carbonyl (C=O) groups is 1. The van der Waals surface area contributed by atoms with Crippen LogP contribution < -0.4 is 10.7 Å². The second-order valence-corrected chi connectivity index (χ2v) is 5.93. The molecule has 2 amide bonds. The summed E-state index contributed by atoms with van der Waals surface area (Å²) < 4.78 is 1.92. The van der Waals surface area contributed by atoms with Gasteiger partial charge in [-0.2, -0.15) is 5.10 Å². The zero-order valence-electron chi connectivity index (χ0n) is 13.0. The van der Waals surface area contributed by atoms with E-state index in [-0.39, 0.29) is 0 Å². The summed E-state index contributed by atoms with van der Waals surface area (Å²) in [5.41, 5.74) is 4.67. The van der Waals surface area contributed by atoms with E-state index < -0.39 is 6.03 Å². The number of para-hydroxylation sites is 1. The van der Waals surface area contributed by atoms with Crippen molar-refractivity contribution >= 4 is 41.1 Å². The normalized spacial score (nSPS) is 10.8. The molecular weight excluding hydrogens is 359 g/mol. The molecule has 3 aromatic rings. The summed E-state index contributed by atoms with van der Waals surface area (Å²) in [4.78, 5) is 11.9. The molecule has 0 saturated carbocycles. The lowest BCUT2D eigenvalue weighted by Gasteiger charge is -2.07. The van der Waals surface area contributed by atoms with Crippen molar-refractivity contribution in [3.63, 3.8) is 0 Å². The molecule has 126 valence electrons. The molecule has 3 rings (SSSR count). The van der Waals surface area contributed by atoms with Gasteiger partial charge in [0.05, 0.1) is 22.6 Å². The highest BCUT2D eigenvalue weighted by molar-refractivity contribution is 6.33. The van der Waals surface area contributed by atoms with E-state index in [2.05, 4.69) is 15.8 Å². The number of halogens is 2. The standard InChI is InChI=1S/C18H14Cl2N4O/c19-13-7-9-14(10-8-13)24-11-3-4-15(24)12-21-23-18(25)22-17-6-2-1-5-16(17)20/h1-12H,(H2,22,23,25)/b21-12+. The minimum atomic E-state index is -0.478. The fourth-order valence-corrected chi connectivity index (χ4v) is 2.51. The van der Waals surface area contributed by atoms with Crippen LogP contribution in [0.15, 0.2) is 72.0 Å². The van der Waals surface area contributed by atoms with Gasteiger partial charge in [-0.1, -0.05) is 35.3 Å². The zero-order chi connectivity index (χ0) is 17.6. The van der Waals surface area contributed by atoms with Gasteiger partial charge >= 0.3 is 6.03 Å². The minimum Gasteiger partial charge on any atom is -0.316 e. The molecular formula is C18H14Cl2N4O. The van der Waals surface area contributed by atoms with Gasteiger partial charge in [-0.05, 0) is 48.5 Å². The van der Waals surface area contributed by atoms with E-state index in [0.29, 0.717) is 15.7 Å². The number of nitrogens with one attached hydrogen (secondary N) is 2. The molecule has 0 atom stereocenters. The van der Waals surface area contributed by atoms with Crippen molar-refractivity contribution in [1.29, 1.82) is 0 Å². The van der Waals surface area contributed by atoms with Crippen molar-refractivity contribution in [2.45, 2.75) is 0 Å². The molecule has 0 spiro atoms. The number of hydrogen-bond acceptors (Lipinski definition) is 2. The fraction of sp³-hybridized carbons (Fsp3) is 0. The van der Waals surface area contributed by atoms with E-state index in [4.69, 9.17) is 23.2 Å². The molecule has 5 nitrogen and oxygen atoms in total. The SMILES string of the molecule is O=C(N/N=C/c1cccn1-c1ccc(Cl)cc1)Nc1ccccc1Cl. The Hall–Kier alpha value is -2.76. The van der Waals surface area contributed by atoms with E-state index in [0.717, 1.165) is 11.4 Å². The van der Waals surface area contributed by atoms with Crippen LogP contribution in [0.5, 0.6) is 0 Å². The van der Waals surface area contributed by atoms with Gasteiger partial charge in [-0.25, -0.2) is 10.2 Å². The molecule has 1 heterocycles. The molecule has 0 aliphatic rings. The lowest BCUT2D eigenvalue weighted by molar-refractivity contribution is 0.252. The van der Waals surface area contributed by atoms with E-state index in [1.807, 2.05) is 47.2 Å². The van der Waals surface area contributed by atoms with Gasteiger partial charge in [0.1, 0.15) is 0 Å². The van der Waals surface area contributed by atoms with E-state index in [9.17, 15) is 4.79 Å². The predicted octanol–water partition coefficient (Wildman–Crippen LogP) is 4.94. The number of benzene rings is 2. The average Bonchev–Trinajstić information content (AvgIpc) is 3.06. The molecule has 0 saturated heterocycles. The summed E-state index contributed by atoms with van der Waals surface area (Å²) in [6.07, 6.45) is 3.45. The molecule has 0 aliphatic carbocycles. The van der Waals surface area contributed by atoms with Crippen LogP contribution in [0.2, 0.25) is 10.0 Å². The first-order valence-electron chi connectivity index (χ1n) is 7.41. The van der Waals surface area contributed by atoms with Crippen molar-refractivity contribution in [1.82, 2.24) is 9.99 Å². The summed E-state index contributed by atoms with van der Waals surface area (Å²) in [6.45, 7) is 0. The van der Waals surface area contributed by atoms with Gasteiger partial charge < -0.3 is 9.88 Å². The topological polar surface area (TPSA) is 58.4 Å². The third-order valence-corrected chi connectivity index (χ3v) is 3.95. The number of rotatable bonds is 4. The van der Waals surface area contributed by atoms with Gasteiger partial charge in [0, 0.05) is 16.9 Å². The van der Waals surface area contributed by atoms with Crippen LogP contribution in [-0.2, 0) is 0 Å². The minimum absolute atomic E-state index is 0.457. The Bertz CT molecular complexity index is 903. The average molecular weight is 373 g/mol. The van der Waals surface area contributed by atoms with Gasteiger partial charge in [-0.3, -0.25) is 0 Å². The van der Waals surface area contributed by atoms with Crippen LogP contribution in [-0.4, -0.2) is 16.8 Å². The lowest BCUT2D eigenvalue weighted by Crippen LogP contribution is -2.24. The Kier molecular flexibility index (Phi) is 5.38. The Labute approximate surface area is 154 Å². The largest absolute Gasteiger partial charge is 0.339 e. The number of urea groups is 1. The molecule has 0 radical (unpaired) electrons. The molecule has 2 aromatic carbocycles. The first kappa shape index (κ1) is 17.1. The zero-order valence-corrected chi connectivity index (χ0v) is 14.5. The number of hydrazone groups is 1. The monoisotopic (exact) mass is 372 g/mol. The number of amides is 2. The highest BCUT2D eigenvalue weighted by Gasteiger charge is 2.04. The van der Waals surface area contributed by atoms with Crippen molar-refractivity contribution in [2.24, 2.45) is 5.10 Å². The van der Waals surface area contributed by atoms with Gasteiger partial charge in [0.25, 0.3) is 0 Å². The summed E-state index contributed by atoms with van der Waals surface area (Å²) in [6, 6.07) is 17.7. The highest BCUT2D eigenvalue weighted by Crippen LogP contribution is 2.20. The van der Waals surface area contributed by atoms with Crippen molar-refractivity contribution < 1.29 is 4.79 Å². The maximum absolute atomic E-state index is 11.9. The number of anilines is 1. The van der Waals surface area contributed by atoms with Crippen LogP contribution in [0.25, 0.3) is 5.69 Å². The van der Waals surface area contributed by atoms with E-state index in [1.54, 1.807) is 30.5 Å². The van der Waals surface area contributed by atoms with Crippen LogP contribution in [0.4, 0.5) is 10.5 Å². The second-order valence-electron chi connectivity index (χ2n) is 5.08. The Morgan fingerprint density at radius 2 is 1.76 bits per heavy atom. The molecule has 0 aliphatic heterocycles. The predicted molar refractivity (Wildman–Crippen MR) is 102 cm³/mol. The van der Waals surface area contributed by atoms with Crippen LogP contribution >= 0.6 is 23.2 Å². The van der Waals surface area contributed by atoms with Gasteiger partial charge in [0.2, 0.25) is 0 Å². The number of carbonyl (C=O) groups excluding carboxylic acids is 1. The lowest BCUT2D eigenvalue weighted by atomic mass is 10.3. The van der Waals surface area contributed by atoms with Crippen LogP contribution in [0.1, 0.15) is 5.69 Å². The molecule has 7 heteroatoms. The summed E-state index contributed by atoms with van der Waals surface area (Å²) in [5.74, 6) is 0. The highest BCUT2D eigenvalue weighted by atomic mass is 35.5. The summed E-state index contributed by atoms with van der Waals surface area (Å²) in [7, 11) is 0. The van der Waals surface area contributed by atoms with E-state index in [1.165, 1.54) is 0 Å². The number of nitrogens with zero attached hydrogens (tertiary/aromatic N) is 2. The maximum atomic E-state index is 11.9. The third kappa shape index (κ3) is 4.41. The van der Waals surface area contributed by atoms with Crippen molar-refractivity contribution in [2.75, 3.05) is 5.32 Å². The van der Waals surface area contributed by atoms with Crippen LogP contribution in [0, 0.1) is 0 Å². The first-order valence-corrected chi connectivity index (χ1v) is 8.17. The third-order valence-electron chi connectivity index (χ3n) is 3.37. The fourth-order valence-electron chi connectivity index (χ4n) is 2.21. The van der Waals surface area contributed by atoms with Crippen molar-refractivity contribution in [3.8, 4) is 5.69 Å². The number of hydrogen-bond donors (Lipinski definition) is 2. The smallest absolute Gasteiger partial charge is 0.316 e.